The van der Waals surface area contributed by atoms with Gasteiger partial charge in [-0.25, -0.2) is 4.98 Å². The maximum absolute atomic E-state index is 9.70. The highest BCUT2D eigenvalue weighted by molar-refractivity contribution is 5.77. The van der Waals surface area contributed by atoms with E-state index in [4.69, 9.17) is 4.74 Å². The smallest absolute Gasteiger partial charge is 0.158 e. The Morgan fingerprint density at radius 3 is 2.91 bits per heavy atom. The van der Waals surface area contributed by atoms with Gasteiger partial charge >= 0.3 is 0 Å². The first-order valence-corrected chi connectivity index (χ1v) is 6.78. The molecule has 1 aromatic carbocycles. The second-order valence-electron chi connectivity index (χ2n) is 4.74. The van der Waals surface area contributed by atoms with Gasteiger partial charge in [0.25, 0.3) is 0 Å². The summed E-state index contributed by atoms with van der Waals surface area (Å²) < 4.78 is 6.93. The standard InChI is InChI=1S/C15H16N4O3/c1-22-7-5-17-15-14(10-2-3-11(20)12(21)8-10)18-13-9-16-4-6-19(13)15/h2-4,6,8-9,17,20-21H,5,7H2,1H3. The van der Waals surface area contributed by atoms with E-state index in [1.54, 1.807) is 31.8 Å². The zero-order valence-corrected chi connectivity index (χ0v) is 12.0. The molecule has 0 spiro atoms. The number of hydrogen-bond donors (Lipinski definition) is 3. The molecule has 114 valence electrons. The van der Waals surface area contributed by atoms with E-state index in [0.29, 0.717) is 30.1 Å². The van der Waals surface area contributed by atoms with Crippen LogP contribution in [0.3, 0.4) is 0 Å². The van der Waals surface area contributed by atoms with Crippen LogP contribution in [-0.4, -0.2) is 44.8 Å². The molecular formula is C15H16N4O3. The first-order valence-electron chi connectivity index (χ1n) is 6.78. The number of phenols is 2. The van der Waals surface area contributed by atoms with Gasteiger partial charge < -0.3 is 20.3 Å². The highest BCUT2D eigenvalue weighted by Crippen LogP contribution is 2.34. The Morgan fingerprint density at radius 2 is 2.14 bits per heavy atom. The van der Waals surface area contributed by atoms with Crippen molar-refractivity contribution in [2.75, 3.05) is 25.6 Å². The average molecular weight is 300 g/mol. The van der Waals surface area contributed by atoms with Crippen LogP contribution in [0.15, 0.2) is 36.8 Å². The molecule has 0 amide bonds. The number of aromatic hydroxyl groups is 2. The van der Waals surface area contributed by atoms with E-state index >= 15 is 0 Å². The van der Waals surface area contributed by atoms with Crippen LogP contribution in [0.25, 0.3) is 16.9 Å². The minimum atomic E-state index is -0.185. The number of aromatic nitrogens is 3. The monoisotopic (exact) mass is 300 g/mol. The predicted octanol–water partition coefficient (Wildman–Crippen LogP) is 1.87. The Kier molecular flexibility index (Phi) is 3.80. The molecule has 0 aliphatic carbocycles. The lowest BCUT2D eigenvalue weighted by Gasteiger charge is -2.08. The fourth-order valence-corrected chi connectivity index (χ4v) is 2.22. The molecule has 2 heterocycles. The van der Waals surface area contributed by atoms with Crippen molar-refractivity contribution in [1.29, 1.82) is 0 Å². The van der Waals surface area contributed by atoms with E-state index in [9.17, 15) is 10.2 Å². The Morgan fingerprint density at radius 1 is 1.27 bits per heavy atom. The summed E-state index contributed by atoms with van der Waals surface area (Å²) in [6.07, 6.45) is 5.14. The molecular weight excluding hydrogens is 284 g/mol. The van der Waals surface area contributed by atoms with Gasteiger partial charge in [0.2, 0.25) is 0 Å². The van der Waals surface area contributed by atoms with Crippen molar-refractivity contribution in [3.8, 4) is 22.8 Å². The third-order valence-corrected chi connectivity index (χ3v) is 3.28. The van der Waals surface area contributed by atoms with E-state index in [0.717, 1.165) is 5.82 Å². The van der Waals surface area contributed by atoms with Gasteiger partial charge in [-0.05, 0) is 18.2 Å². The average Bonchev–Trinajstić information content (AvgIpc) is 2.89. The van der Waals surface area contributed by atoms with Crippen LogP contribution in [0, 0.1) is 0 Å². The highest BCUT2D eigenvalue weighted by Gasteiger charge is 2.15. The molecule has 0 saturated carbocycles. The Balaban J connectivity index is 2.10. The summed E-state index contributed by atoms with van der Waals surface area (Å²) in [5.41, 5.74) is 2.04. The topological polar surface area (TPSA) is 91.9 Å². The lowest BCUT2D eigenvalue weighted by molar-refractivity contribution is 0.210. The van der Waals surface area contributed by atoms with Crippen molar-refractivity contribution in [2.45, 2.75) is 0 Å². The summed E-state index contributed by atoms with van der Waals surface area (Å²) in [6, 6.07) is 4.61. The first kappa shape index (κ1) is 14.2. The van der Waals surface area contributed by atoms with E-state index in [-0.39, 0.29) is 11.5 Å². The van der Waals surface area contributed by atoms with Crippen molar-refractivity contribution in [2.24, 2.45) is 0 Å². The first-order chi connectivity index (χ1) is 10.7. The third-order valence-electron chi connectivity index (χ3n) is 3.28. The Labute approximate surface area is 126 Å². The number of nitrogens with zero attached hydrogens (tertiary/aromatic N) is 3. The second kappa shape index (κ2) is 5.90. The molecule has 3 N–H and O–H groups in total. The SMILES string of the molecule is COCCNc1c(-c2ccc(O)c(O)c2)nc2cnccn12. The Bertz CT molecular complexity index is 801. The summed E-state index contributed by atoms with van der Waals surface area (Å²) in [6.45, 7) is 1.17. The zero-order chi connectivity index (χ0) is 15.5. The van der Waals surface area contributed by atoms with Gasteiger partial charge in [0.15, 0.2) is 17.1 Å². The lowest BCUT2D eigenvalue weighted by atomic mass is 10.1. The number of hydrogen-bond acceptors (Lipinski definition) is 6. The number of rotatable bonds is 5. The van der Waals surface area contributed by atoms with Crippen LogP contribution in [0.1, 0.15) is 0 Å². The van der Waals surface area contributed by atoms with Crippen LogP contribution in [-0.2, 0) is 4.74 Å². The van der Waals surface area contributed by atoms with E-state index < -0.39 is 0 Å². The fourth-order valence-electron chi connectivity index (χ4n) is 2.22. The summed E-state index contributed by atoms with van der Waals surface area (Å²) in [5, 5.41) is 22.4. The molecule has 0 bridgehead atoms. The Hall–Kier alpha value is -2.80. The minimum absolute atomic E-state index is 0.164. The highest BCUT2D eigenvalue weighted by atomic mass is 16.5. The molecule has 0 aliphatic rings. The summed E-state index contributed by atoms with van der Waals surface area (Å²) >= 11 is 0. The molecule has 0 aliphatic heterocycles. The molecule has 0 radical (unpaired) electrons. The van der Waals surface area contributed by atoms with Crippen LogP contribution in [0.4, 0.5) is 5.82 Å². The predicted molar refractivity (Wildman–Crippen MR) is 82.1 cm³/mol. The molecule has 2 aromatic heterocycles. The van der Waals surface area contributed by atoms with Crippen LogP contribution >= 0.6 is 0 Å². The fraction of sp³-hybridized carbons (Fsp3) is 0.200. The molecule has 22 heavy (non-hydrogen) atoms. The minimum Gasteiger partial charge on any atom is -0.504 e. The van der Waals surface area contributed by atoms with Crippen molar-refractivity contribution in [3.63, 3.8) is 0 Å². The normalized spacial score (nSPS) is 11.0. The number of anilines is 1. The number of benzene rings is 1. The number of imidazole rings is 1. The summed E-state index contributed by atoms with van der Waals surface area (Å²) in [4.78, 5) is 8.60. The molecule has 3 aromatic rings. The van der Waals surface area contributed by atoms with Gasteiger partial charge in [-0.3, -0.25) is 9.38 Å². The van der Waals surface area contributed by atoms with Crippen LogP contribution in [0.5, 0.6) is 11.5 Å². The van der Waals surface area contributed by atoms with Crippen LogP contribution < -0.4 is 5.32 Å². The number of nitrogens with one attached hydrogen (secondary N) is 1. The van der Waals surface area contributed by atoms with E-state index in [1.165, 1.54) is 12.1 Å². The molecule has 0 saturated heterocycles. The second-order valence-corrected chi connectivity index (χ2v) is 4.74. The van der Waals surface area contributed by atoms with Crippen molar-refractivity contribution in [3.05, 3.63) is 36.8 Å². The van der Waals surface area contributed by atoms with Gasteiger partial charge in [0, 0.05) is 31.6 Å². The molecule has 0 unspecified atom stereocenters. The number of methoxy groups -OCH3 is 1. The van der Waals surface area contributed by atoms with Gasteiger partial charge in [-0.2, -0.15) is 0 Å². The van der Waals surface area contributed by atoms with Gasteiger partial charge in [0.1, 0.15) is 11.5 Å². The largest absolute Gasteiger partial charge is 0.504 e. The molecule has 0 atom stereocenters. The summed E-state index contributed by atoms with van der Waals surface area (Å²) in [5.74, 6) is 0.429. The number of phenolic OH excluding ortho intramolecular Hbond substituents is 2. The lowest BCUT2D eigenvalue weighted by Crippen LogP contribution is -2.10. The van der Waals surface area contributed by atoms with Gasteiger partial charge in [-0.15, -0.1) is 0 Å². The quantitative estimate of drug-likeness (QED) is 0.492. The molecule has 7 nitrogen and oxygen atoms in total. The van der Waals surface area contributed by atoms with Gasteiger partial charge in [-0.1, -0.05) is 0 Å². The maximum atomic E-state index is 9.70. The van der Waals surface area contributed by atoms with Gasteiger partial charge in [0.05, 0.1) is 12.8 Å². The van der Waals surface area contributed by atoms with Crippen molar-refractivity contribution < 1.29 is 14.9 Å². The molecule has 3 rings (SSSR count). The maximum Gasteiger partial charge on any atom is 0.158 e. The van der Waals surface area contributed by atoms with E-state index in [2.05, 4.69) is 15.3 Å². The van der Waals surface area contributed by atoms with E-state index in [1.807, 2.05) is 4.40 Å². The number of ether oxygens (including phenoxy) is 1. The molecule has 0 fully saturated rings. The van der Waals surface area contributed by atoms with Crippen molar-refractivity contribution in [1.82, 2.24) is 14.4 Å². The van der Waals surface area contributed by atoms with Crippen molar-refractivity contribution >= 4 is 11.5 Å². The van der Waals surface area contributed by atoms with Crippen LogP contribution in [0.2, 0.25) is 0 Å². The number of fused-ring (bicyclic) bond motifs is 1. The molecule has 7 heteroatoms. The third kappa shape index (κ3) is 2.53. The zero-order valence-electron chi connectivity index (χ0n) is 12.0. The summed E-state index contributed by atoms with van der Waals surface area (Å²) in [7, 11) is 1.64.